The van der Waals surface area contributed by atoms with Crippen LogP contribution in [0.3, 0.4) is 0 Å². The van der Waals surface area contributed by atoms with Crippen LogP contribution in [-0.2, 0) is 17.9 Å². The summed E-state index contributed by atoms with van der Waals surface area (Å²) in [6, 6.07) is 1.82. The number of aromatic amines is 2. The Morgan fingerprint density at radius 3 is 2.89 bits per heavy atom. The van der Waals surface area contributed by atoms with E-state index in [1.54, 1.807) is 14.0 Å². The molecule has 8 heteroatoms. The second-order valence-corrected chi connectivity index (χ2v) is 4.39. The molecule has 0 aliphatic carbocycles. The van der Waals surface area contributed by atoms with Gasteiger partial charge in [0, 0.05) is 7.11 Å². The maximum atomic E-state index is 11.8. The summed E-state index contributed by atoms with van der Waals surface area (Å²) < 4.78 is 4.95. The summed E-state index contributed by atoms with van der Waals surface area (Å²) in [5.74, 6) is -0.336. The number of aryl methyl sites for hydroxylation is 1. The number of amides is 1. The van der Waals surface area contributed by atoms with Crippen LogP contribution in [0.25, 0.3) is 0 Å². The second kappa shape index (κ2) is 5.85. The largest absolute Gasteiger partial charge is 0.378 e. The standard InChI is InChI=1S/C11H14ClN5O2/c1-6-9(12)10(17-14-6)11(18)13-4-7-3-8(5-19-2)16-15-7/h3H,4-5H2,1-2H3,(H,13,18)(H,14,17)(H,15,16). The fourth-order valence-electron chi connectivity index (χ4n) is 1.55. The summed E-state index contributed by atoms with van der Waals surface area (Å²) in [7, 11) is 1.60. The molecular formula is C11H14ClN5O2. The molecule has 1 amide bonds. The van der Waals surface area contributed by atoms with Gasteiger partial charge in [-0.3, -0.25) is 15.0 Å². The highest BCUT2D eigenvalue weighted by molar-refractivity contribution is 6.34. The number of carbonyl (C=O) groups excluding carboxylic acids is 1. The van der Waals surface area contributed by atoms with E-state index >= 15 is 0 Å². The average Bonchev–Trinajstić information content (AvgIpc) is 2.96. The number of hydrogen-bond donors (Lipinski definition) is 3. The lowest BCUT2D eigenvalue weighted by atomic mass is 10.3. The molecule has 0 atom stereocenters. The number of rotatable bonds is 5. The van der Waals surface area contributed by atoms with Gasteiger partial charge in [-0.2, -0.15) is 10.2 Å². The first-order valence-corrected chi connectivity index (χ1v) is 6.00. The van der Waals surface area contributed by atoms with Crippen molar-refractivity contribution in [2.75, 3.05) is 7.11 Å². The minimum absolute atomic E-state index is 0.191. The van der Waals surface area contributed by atoms with Crippen LogP contribution in [0.15, 0.2) is 6.07 Å². The summed E-state index contributed by atoms with van der Waals surface area (Å²) in [5, 5.41) is 16.4. The van der Waals surface area contributed by atoms with E-state index in [1.807, 2.05) is 6.07 Å². The molecule has 0 spiro atoms. The zero-order valence-electron chi connectivity index (χ0n) is 10.6. The van der Waals surface area contributed by atoms with Gasteiger partial charge in [0.05, 0.1) is 35.3 Å². The molecule has 102 valence electrons. The lowest BCUT2D eigenvalue weighted by Gasteiger charge is -2.00. The minimum Gasteiger partial charge on any atom is -0.378 e. The van der Waals surface area contributed by atoms with Gasteiger partial charge in [-0.1, -0.05) is 11.6 Å². The molecule has 0 saturated heterocycles. The number of halogens is 1. The van der Waals surface area contributed by atoms with Crippen molar-refractivity contribution in [2.45, 2.75) is 20.1 Å². The Bertz CT molecular complexity index is 577. The Balaban J connectivity index is 1.94. The maximum Gasteiger partial charge on any atom is 0.273 e. The van der Waals surface area contributed by atoms with E-state index in [2.05, 4.69) is 25.7 Å². The molecule has 19 heavy (non-hydrogen) atoms. The van der Waals surface area contributed by atoms with Crippen molar-refractivity contribution in [3.05, 3.63) is 33.9 Å². The molecule has 0 saturated carbocycles. The number of H-pyrrole nitrogens is 2. The van der Waals surface area contributed by atoms with Crippen LogP contribution in [0.5, 0.6) is 0 Å². The summed E-state index contributed by atoms with van der Waals surface area (Å²) in [5.41, 5.74) is 2.41. The first-order valence-electron chi connectivity index (χ1n) is 5.62. The van der Waals surface area contributed by atoms with Crippen LogP contribution in [0.4, 0.5) is 0 Å². The van der Waals surface area contributed by atoms with E-state index in [-0.39, 0.29) is 11.6 Å². The third kappa shape index (κ3) is 3.12. The van der Waals surface area contributed by atoms with Crippen LogP contribution in [0, 0.1) is 6.92 Å². The fourth-order valence-corrected chi connectivity index (χ4v) is 1.72. The van der Waals surface area contributed by atoms with Crippen LogP contribution < -0.4 is 5.32 Å². The summed E-state index contributed by atoms with van der Waals surface area (Å²) in [6.45, 7) is 2.49. The predicted molar refractivity (Wildman–Crippen MR) is 68.8 cm³/mol. The molecule has 0 fully saturated rings. The molecule has 0 bridgehead atoms. The van der Waals surface area contributed by atoms with Crippen molar-refractivity contribution < 1.29 is 9.53 Å². The van der Waals surface area contributed by atoms with Crippen LogP contribution >= 0.6 is 11.6 Å². The number of methoxy groups -OCH3 is 1. The predicted octanol–water partition coefficient (Wildman–Crippen LogP) is 1.17. The summed E-state index contributed by atoms with van der Waals surface area (Å²) in [6.07, 6.45) is 0. The molecule has 0 aliphatic rings. The van der Waals surface area contributed by atoms with Gasteiger partial charge in [-0.15, -0.1) is 0 Å². The number of aromatic nitrogens is 4. The zero-order chi connectivity index (χ0) is 13.8. The normalized spacial score (nSPS) is 10.7. The number of ether oxygens (including phenoxy) is 1. The highest BCUT2D eigenvalue weighted by Gasteiger charge is 2.15. The molecule has 0 aromatic carbocycles. The fraction of sp³-hybridized carbons (Fsp3) is 0.364. The van der Waals surface area contributed by atoms with E-state index in [0.717, 1.165) is 11.4 Å². The van der Waals surface area contributed by atoms with E-state index in [0.29, 0.717) is 23.9 Å². The van der Waals surface area contributed by atoms with Crippen LogP contribution in [-0.4, -0.2) is 33.4 Å². The Kier molecular flexibility index (Phi) is 4.18. The third-order valence-electron chi connectivity index (χ3n) is 2.50. The van der Waals surface area contributed by atoms with Gasteiger partial charge in [0.1, 0.15) is 0 Å². The number of carbonyl (C=O) groups is 1. The molecule has 7 nitrogen and oxygen atoms in total. The van der Waals surface area contributed by atoms with Crippen molar-refractivity contribution in [1.29, 1.82) is 0 Å². The quantitative estimate of drug-likeness (QED) is 0.767. The lowest BCUT2D eigenvalue weighted by Crippen LogP contribution is -2.23. The van der Waals surface area contributed by atoms with Gasteiger partial charge in [0.2, 0.25) is 0 Å². The molecule has 0 unspecified atom stereocenters. The van der Waals surface area contributed by atoms with Crippen molar-refractivity contribution in [3.63, 3.8) is 0 Å². The average molecular weight is 284 g/mol. The van der Waals surface area contributed by atoms with Gasteiger partial charge < -0.3 is 10.1 Å². The molecule has 2 aromatic heterocycles. The van der Waals surface area contributed by atoms with Crippen molar-refractivity contribution in [3.8, 4) is 0 Å². The van der Waals surface area contributed by atoms with Crippen molar-refractivity contribution in [1.82, 2.24) is 25.7 Å². The lowest BCUT2D eigenvalue weighted by molar-refractivity contribution is 0.0945. The summed E-state index contributed by atoms with van der Waals surface area (Å²) >= 11 is 5.94. The molecule has 0 radical (unpaired) electrons. The first kappa shape index (κ1) is 13.6. The zero-order valence-corrected chi connectivity index (χ0v) is 11.3. The Morgan fingerprint density at radius 1 is 1.47 bits per heavy atom. The van der Waals surface area contributed by atoms with Crippen LogP contribution in [0.1, 0.15) is 27.6 Å². The SMILES string of the molecule is COCc1cc(CNC(=O)c2n[nH]c(C)c2Cl)[nH]n1. The molecule has 2 heterocycles. The van der Waals surface area contributed by atoms with E-state index in [9.17, 15) is 4.79 Å². The van der Waals surface area contributed by atoms with Gasteiger partial charge in [0.15, 0.2) is 5.69 Å². The van der Waals surface area contributed by atoms with Crippen molar-refractivity contribution in [2.24, 2.45) is 0 Å². The van der Waals surface area contributed by atoms with Gasteiger partial charge in [0.25, 0.3) is 5.91 Å². The monoisotopic (exact) mass is 283 g/mol. The highest BCUT2D eigenvalue weighted by atomic mass is 35.5. The Labute approximate surface area is 114 Å². The first-order chi connectivity index (χ1) is 9.11. The smallest absolute Gasteiger partial charge is 0.273 e. The third-order valence-corrected chi connectivity index (χ3v) is 2.97. The summed E-state index contributed by atoms with van der Waals surface area (Å²) in [4.78, 5) is 11.8. The maximum absolute atomic E-state index is 11.8. The highest BCUT2D eigenvalue weighted by Crippen LogP contribution is 2.16. The number of hydrogen-bond acceptors (Lipinski definition) is 4. The van der Waals surface area contributed by atoms with E-state index in [1.165, 1.54) is 0 Å². The van der Waals surface area contributed by atoms with E-state index < -0.39 is 0 Å². The van der Waals surface area contributed by atoms with Crippen molar-refractivity contribution >= 4 is 17.5 Å². The Hall–Kier alpha value is -1.86. The van der Waals surface area contributed by atoms with Gasteiger partial charge in [-0.05, 0) is 13.0 Å². The van der Waals surface area contributed by atoms with Crippen LogP contribution in [0.2, 0.25) is 5.02 Å². The second-order valence-electron chi connectivity index (χ2n) is 4.01. The molecule has 2 aromatic rings. The Morgan fingerprint density at radius 2 is 2.26 bits per heavy atom. The minimum atomic E-state index is -0.336. The molecular weight excluding hydrogens is 270 g/mol. The topological polar surface area (TPSA) is 95.7 Å². The number of nitrogens with zero attached hydrogens (tertiary/aromatic N) is 2. The van der Waals surface area contributed by atoms with E-state index in [4.69, 9.17) is 16.3 Å². The molecule has 0 aliphatic heterocycles. The molecule has 2 rings (SSSR count). The number of nitrogens with one attached hydrogen (secondary N) is 3. The molecule has 3 N–H and O–H groups in total. The van der Waals surface area contributed by atoms with Gasteiger partial charge in [-0.25, -0.2) is 0 Å². The van der Waals surface area contributed by atoms with Gasteiger partial charge >= 0.3 is 0 Å².